The maximum absolute atomic E-state index is 13.6. The minimum Gasteiger partial charge on any atom is -0.490 e. The summed E-state index contributed by atoms with van der Waals surface area (Å²) < 4.78 is 82.2. The number of nitrogens with one attached hydrogen (secondary N) is 2. The molecular weight excluding hydrogens is 676 g/mol. The lowest BCUT2D eigenvalue weighted by molar-refractivity contribution is -0.139. The van der Waals surface area contributed by atoms with Crippen LogP contribution in [-0.2, 0) is 15.7 Å². The van der Waals surface area contributed by atoms with Crippen molar-refractivity contribution in [2.24, 2.45) is 0 Å². The van der Waals surface area contributed by atoms with Gasteiger partial charge in [-0.05, 0) is 55.0 Å². The number of alkyl halides is 3. The van der Waals surface area contributed by atoms with E-state index >= 15 is 0 Å². The van der Waals surface area contributed by atoms with E-state index < -0.39 is 23.6 Å². The van der Waals surface area contributed by atoms with E-state index in [0.29, 0.717) is 72.4 Å². The molecule has 0 spiro atoms. The maximum Gasteiger partial charge on any atom is 0.419 e. The standard InChI is InChI=1S/C35H38F4N6O6/c36-29-7-4-25(20-28(29)35(37,38)39)43-34(46)42-24-2-5-26(6-3-24)51-33-27-21-31(49-14-1-8-44-9-15-47-16-10-44)32(22-30(27)40-23-41-33)50-19-13-45-11-17-48-18-12-45/h2-7,20-23H,1,8-19H2,(H2,42,43,46). The third kappa shape index (κ3) is 10.2. The minimum atomic E-state index is -4.90. The van der Waals surface area contributed by atoms with E-state index in [1.54, 1.807) is 24.3 Å². The van der Waals surface area contributed by atoms with Crippen LogP contribution < -0.4 is 24.8 Å². The van der Waals surface area contributed by atoms with E-state index in [2.05, 4.69) is 30.4 Å². The summed E-state index contributed by atoms with van der Waals surface area (Å²) in [6, 6.07) is 11.3. The maximum atomic E-state index is 13.6. The van der Waals surface area contributed by atoms with Crippen LogP contribution in [0.3, 0.4) is 0 Å². The molecule has 272 valence electrons. The van der Waals surface area contributed by atoms with Crippen LogP contribution in [-0.4, -0.2) is 105 Å². The van der Waals surface area contributed by atoms with E-state index in [-0.39, 0.29) is 11.6 Å². The van der Waals surface area contributed by atoms with Crippen molar-refractivity contribution >= 4 is 28.3 Å². The van der Waals surface area contributed by atoms with Crippen molar-refractivity contribution in [2.45, 2.75) is 12.6 Å². The molecule has 1 aromatic heterocycles. The van der Waals surface area contributed by atoms with Crippen molar-refractivity contribution in [3.05, 3.63) is 72.3 Å². The van der Waals surface area contributed by atoms with Gasteiger partial charge < -0.3 is 34.3 Å². The van der Waals surface area contributed by atoms with Crippen LogP contribution in [0.1, 0.15) is 12.0 Å². The van der Waals surface area contributed by atoms with Gasteiger partial charge in [-0.3, -0.25) is 9.80 Å². The molecule has 2 saturated heterocycles. The number of nitrogens with zero attached hydrogens (tertiary/aromatic N) is 4. The molecule has 0 saturated carbocycles. The highest BCUT2D eigenvalue weighted by molar-refractivity contribution is 5.99. The lowest BCUT2D eigenvalue weighted by Crippen LogP contribution is -2.38. The van der Waals surface area contributed by atoms with Crippen LogP contribution in [0, 0.1) is 5.82 Å². The Bertz CT molecular complexity index is 1770. The van der Waals surface area contributed by atoms with Crippen molar-refractivity contribution in [1.29, 1.82) is 0 Å². The Labute approximate surface area is 291 Å². The monoisotopic (exact) mass is 714 g/mol. The number of urea groups is 1. The number of ether oxygens (including phenoxy) is 5. The molecule has 3 aromatic carbocycles. The average Bonchev–Trinajstić information content (AvgIpc) is 3.12. The first-order valence-corrected chi connectivity index (χ1v) is 16.6. The summed E-state index contributed by atoms with van der Waals surface area (Å²) in [5.41, 5.74) is -0.777. The number of halogens is 4. The van der Waals surface area contributed by atoms with Crippen LogP contribution in [0.4, 0.5) is 33.7 Å². The Balaban J connectivity index is 1.12. The molecule has 6 rings (SSSR count). The number of hydrogen-bond acceptors (Lipinski definition) is 10. The number of anilines is 2. The summed E-state index contributed by atoms with van der Waals surface area (Å²) in [5, 5.41) is 5.40. The molecule has 2 N–H and O–H groups in total. The second-order valence-corrected chi connectivity index (χ2v) is 11.9. The fourth-order valence-corrected chi connectivity index (χ4v) is 5.58. The zero-order chi connectivity index (χ0) is 35.6. The molecule has 16 heteroatoms. The summed E-state index contributed by atoms with van der Waals surface area (Å²) in [5.74, 6) is 0.342. The van der Waals surface area contributed by atoms with E-state index in [4.69, 9.17) is 23.7 Å². The van der Waals surface area contributed by atoms with Crippen molar-refractivity contribution in [1.82, 2.24) is 19.8 Å². The van der Waals surface area contributed by atoms with E-state index in [0.717, 1.165) is 65.0 Å². The van der Waals surface area contributed by atoms with E-state index in [9.17, 15) is 22.4 Å². The minimum absolute atomic E-state index is 0.220. The quantitative estimate of drug-likeness (QED) is 0.125. The second-order valence-electron chi connectivity index (χ2n) is 11.9. The highest BCUT2D eigenvalue weighted by Crippen LogP contribution is 2.37. The average molecular weight is 715 g/mol. The smallest absolute Gasteiger partial charge is 0.419 e. The zero-order valence-corrected chi connectivity index (χ0v) is 27.7. The van der Waals surface area contributed by atoms with E-state index in [1.165, 1.54) is 6.33 Å². The Morgan fingerprint density at radius 1 is 0.784 bits per heavy atom. The third-order valence-electron chi connectivity index (χ3n) is 8.27. The van der Waals surface area contributed by atoms with Crippen molar-refractivity contribution < 1.29 is 46.0 Å². The normalized spacial score (nSPS) is 15.8. The van der Waals surface area contributed by atoms with Gasteiger partial charge in [0.25, 0.3) is 0 Å². The topological polar surface area (TPSA) is 120 Å². The van der Waals surface area contributed by atoms with Gasteiger partial charge in [0.2, 0.25) is 5.88 Å². The molecule has 0 atom stereocenters. The van der Waals surface area contributed by atoms with Gasteiger partial charge in [0.15, 0.2) is 11.5 Å². The second kappa shape index (κ2) is 17.0. The highest BCUT2D eigenvalue weighted by Gasteiger charge is 2.34. The van der Waals surface area contributed by atoms with Crippen LogP contribution >= 0.6 is 0 Å². The van der Waals surface area contributed by atoms with Crippen molar-refractivity contribution in [3.63, 3.8) is 0 Å². The predicted molar refractivity (Wildman–Crippen MR) is 180 cm³/mol. The number of hydrogen-bond donors (Lipinski definition) is 2. The molecule has 2 fully saturated rings. The molecule has 2 aliphatic rings. The number of benzene rings is 3. The molecule has 12 nitrogen and oxygen atoms in total. The van der Waals surface area contributed by atoms with Gasteiger partial charge in [-0.25, -0.2) is 19.2 Å². The summed E-state index contributed by atoms with van der Waals surface area (Å²) in [4.78, 5) is 25.9. The van der Waals surface area contributed by atoms with Gasteiger partial charge in [-0.15, -0.1) is 0 Å². The largest absolute Gasteiger partial charge is 0.490 e. The third-order valence-corrected chi connectivity index (χ3v) is 8.27. The molecule has 0 unspecified atom stereocenters. The molecule has 0 radical (unpaired) electrons. The molecular formula is C35H38F4N6O6. The van der Waals surface area contributed by atoms with Crippen molar-refractivity contribution in [2.75, 3.05) is 89.5 Å². The summed E-state index contributed by atoms with van der Waals surface area (Å²) >= 11 is 0. The highest BCUT2D eigenvalue weighted by atomic mass is 19.4. The lowest BCUT2D eigenvalue weighted by Gasteiger charge is -2.27. The number of carbonyl (C=O) groups is 1. The van der Waals surface area contributed by atoms with Gasteiger partial charge in [0, 0.05) is 56.7 Å². The first-order valence-electron chi connectivity index (χ1n) is 16.6. The Kier molecular flexibility index (Phi) is 12.0. The number of carbonyl (C=O) groups excluding carboxylic acids is 1. The Morgan fingerprint density at radius 3 is 2.12 bits per heavy atom. The Hall–Kier alpha value is -4.77. The first kappa shape index (κ1) is 36.0. The molecule has 0 aliphatic carbocycles. The summed E-state index contributed by atoms with van der Waals surface area (Å²) in [6.45, 7) is 8.94. The van der Waals surface area contributed by atoms with Crippen LogP contribution in [0.15, 0.2) is 60.9 Å². The number of fused-ring (bicyclic) bond motifs is 1. The fourth-order valence-electron chi connectivity index (χ4n) is 5.58. The van der Waals surface area contributed by atoms with Gasteiger partial charge in [-0.1, -0.05) is 0 Å². The number of amides is 2. The number of rotatable bonds is 13. The molecule has 2 aliphatic heterocycles. The van der Waals surface area contributed by atoms with Gasteiger partial charge >= 0.3 is 12.2 Å². The van der Waals surface area contributed by atoms with Crippen LogP contribution in [0.5, 0.6) is 23.1 Å². The number of aromatic nitrogens is 2. The molecule has 2 amide bonds. The van der Waals surface area contributed by atoms with Gasteiger partial charge in [0.1, 0.15) is 24.5 Å². The number of morpholine rings is 2. The summed E-state index contributed by atoms with van der Waals surface area (Å²) in [6.07, 6.45) is -2.70. The van der Waals surface area contributed by atoms with Gasteiger partial charge in [-0.2, -0.15) is 13.2 Å². The van der Waals surface area contributed by atoms with Gasteiger partial charge in [0.05, 0.1) is 49.5 Å². The zero-order valence-electron chi connectivity index (χ0n) is 27.7. The molecule has 0 bridgehead atoms. The van der Waals surface area contributed by atoms with Crippen LogP contribution in [0.2, 0.25) is 0 Å². The predicted octanol–water partition coefficient (Wildman–Crippen LogP) is 6.04. The van der Waals surface area contributed by atoms with Crippen LogP contribution in [0.25, 0.3) is 10.9 Å². The summed E-state index contributed by atoms with van der Waals surface area (Å²) in [7, 11) is 0. The SMILES string of the molecule is O=C(Nc1ccc(Oc2ncnc3cc(OCCN4CCOCC4)c(OCCCN4CCOCC4)cc23)cc1)Nc1ccc(F)c(C(F)(F)F)c1. The fraction of sp³-hybridized carbons (Fsp3) is 0.400. The van der Waals surface area contributed by atoms with E-state index in [1.807, 2.05) is 12.1 Å². The lowest BCUT2D eigenvalue weighted by atomic mass is 10.2. The molecule has 51 heavy (non-hydrogen) atoms. The molecule has 3 heterocycles. The Morgan fingerprint density at radius 2 is 1.41 bits per heavy atom. The first-order chi connectivity index (χ1) is 24.7. The molecule has 4 aromatic rings. The van der Waals surface area contributed by atoms with Crippen molar-refractivity contribution in [3.8, 4) is 23.1 Å².